The van der Waals surface area contributed by atoms with E-state index in [-0.39, 0.29) is 24.0 Å². The Balaban J connectivity index is 0.00000272. The number of nitrogens with one attached hydrogen (secondary N) is 2. The summed E-state index contributed by atoms with van der Waals surface area (Å²) in [5.41, 5.74) is 1.22. The van der Waals surface area contributed by atoms with Crippen LogP contribution >= 0.6 is 35.3 Å². The molecule has 7 nitrogen and oxygen atoms in total. The first-order valence-electron chi connectivity index (χ1n) is 10.6. The molecule has 1 atom stereocenters. The number of hydrogen-bond donors (Lipinski definition) is 2. The second-order valence-corrected chi connectivity index (χ2v) is 8.24. The molecule has 1 unspecified atom stereocenters. The van der Waals surface area contributed by atoms with E-state index in [1.165, 1.54) is 10.4 Å². The number of benzene rings is 1. The number of ether oxygens (including phenoxy) is 3. The second-order valence-electron chi connectivity index (χ2n) is 7.26. The van der Waals surface area contributed by atoms with Crippen LogP contribution in [0.5, 0.6) is 11.5 Å². The van der Waals surface area contributed by atoms with Gasteiger partial charge in [0.05, 0.1) is 25.8 Å². The van der Waals surface area contributed by atoms with Crippen molar-refractivity contribution in [2.24, 2.45) is 4.99 Å². The minimum atomic E-state index is 0. The molecule has 1 fully saturated rings. The molecule has 0 spiro atoms. The molecule has 3 heterocycles. The van der Waals surface area contributed by atoms with Gasteiger partial charge in [0.25, 0.3) is 0 Å². The van der Waals surface area contributed by atoms with E-state index >= 15 is 0 Å². The van der Waals surface area contributed by atoms with Gasteiger partial charge in [-0.3, -0.25) is 9.89 Å². The molecule has 170 valence electrons. The molecule has 1 saturated heterocycles. The summed E-state index contributed by atoms with van der Waals surface area (Å²) in [6.45, 7) is 8.23. The zero-order valence-electron chi connectivity index (χ0n) is 17.8. The topological polar surface area (TPSA) is 67.4 Å². The molecule has 4 rings (SSSR count). The highest BCUT2D eigenvalue weighted by Crippen LogP contribution is 2.32. The predicted octanol–water partition coefficient (Wildman–Crippen LogP) is 3.27. The van der Waals surface area contributed by atoms with Gasteiger partial charge in [0.1, 0.15) is 0 Å². The van der Waals surface area contributed by atoms with Crippen molar-refractivity contribution in [2.75, 3.05) is 52.7 Å². The maximum absolute atomic E-state index is 5.54. The number of rotatable bonds is 8. The van der Waals surface area contributed by atoms with Crippen LogP contribution in [0.1, 0.15) is 23.4 Å². The minimum Gasteiger partial charge on any atom is -0.454 e. The van der Waals surface area contributed by atoms with Gasteiger partial charge in [0.2, 0.25) is 6.79 Å². The Morgan fingerprint density at radius 2 is 2.00 bits per heavy atom. The number of halogens is 1. The monoisotopic (exact) mass is 558 g/mol. The van der Waals surface area contributed by atoms with Crippen LogP contribution < -0.4 is 20.1 Å². The van der Waals surface area contributed by atoms with E-state index in [0.717, 1.165) is 69.8 Å². The fourth-order valence-corrected chi connectivity index (χ4v) is 4.55. The van der Waals surface area contributed by atoms with Crippen molar-refractivity contribution in [2.45, 2.75) is 19.4 Å². The van der Waals surface area contributed by atoms with Crippen molar-refractivity contribution in [3.8, 4) is 11.5 Å². The molecule has 1 aromatic carbocycles. The lowest BCUT2D eigenvalue weighted by Gasteiger charge is -2.33. The quantitative estimate of drug-likeness (QED) is 0.295. The zero-order valence-corrected chi connectivity index (χ0v) is 21.0. The number of thiophene rings is 1. The van der Waals surface area contributed by atoms with Crippen molar-refractivity contribution in [3.05, 3.63) is 46.2 Å². The maximum Gasteiger partial charge on any atom is 0.231 e. The maximum atomic E-state index is 5.54. The minimum absolute atomic E-state index is 0. The Labute approximate surface area is 205 Å². The molecule has 9 heteroatoms. The summed E-state index contributed by atoms with van der Waals surface area (Å²) in [4.78, 5) is 8.75. The Hall–Kier alpha value is -1.56. The Morgan fingerprint density at radius 1 is 1.16 bits per heavy atom. The Morgan fingerprint density at radius 3 is 2.77 bits per heavy atom. The lowest BCUT2D eigenvalue weighted by Crippen LogP contribution is -2.42. The molecule has 1 aromatic heterocycles. The van der Waals surface area contributed by atoms with Crippen LogP contribution in [0.2, 0.25) is 0 Å². The summed E-state index contributed by atoms with van der Waals surface area (Å²) in [5.74, 6) is 2.51. The van der Waals surface area contributed by atoms with E-state index in [1.54, 1.807) is 11.3 Å². The van der Waals surface area contributed by atoms with Gasteiger partial charge in [-0.25, -0.2) is 0 Å². The average molecular weight is 558 g/mol. The van der Waals surface area contributed by atoms with Crippen LogP contribution in [0.25, 0.3) is 0 Å². The largest absolute Gasteiger partial charge is 0.454 e. The summed E-state index contributed by atoms with van der Waals surface area (Å²) in [7, 11) is 0. The summed E-state index contributed by atoms with van der Waals surface area (Å²) in [5, 5.41) is 8.98. The van der Waals surface area contributed by atoms with E-state index in [2.05, 4.69) is 52.1 Å². The van der Waals surface area contributed by atoms with Gasteiger partial charge in [-0.05, 0) is 42.5 Å². The number of aliphatic imine (C=N–C) groups is 1. The highest BCUT2D eigenvalue weighted by Gasteiger charge is 2.23. The number of guanidine groups is 1. The molecule has 0 radical (unpaired) electrons. The number of fused-ring (bicyclic) bond motifs is 1. The molecule has 0 amide bonds. The highest BCUT2D eigenvalue weighted by atomic mass is 127. The van der Waals surface area contributed by atoms with Crippen LogP contribution in [-0.4, -0.2) is 63.6 Å². The van der Waals surface area contributed by atoms with E-state index in [1.807, 2.05) is 6.07 Å². The van der Waals surface area contributed by atoms with Crippen LogP contribution in [-0.2, 0) is 11.2 Å². The first-order chi connectivity index (χ1) is 14.8. The van der Waals surface area contributed by atoms with Crippen LogP contribution in [0.4, 0.5) is 0 Å². The molecule has 2 aliphatic heterocycles. The van der Waals surface area contributed by atoms with Crippen molar-refractivity contribution < 1.29 is 14.2 Å². The normalized spacial score (nSPS) is 17.1. The van der Waals surface area contributed by atoms with Crippen LogP contribution in [0, 0.1) is 0 Å². The van der Waals surface area contributed by atoms with Crippen molar-refractivity contribution in [3.63, 3.8) is 0 Å². The number of morpholine rings is 1. The van der Waals surface area contributed by atoms with Gasteiger partial charge < -0.3 is 24.8 Å². The smallest absolute Gasteiger partial charge is 0.231 e. The van der Waals surface area contributed by atoms with E-state index < -0.39 is 0 Å². The molecule has 2 N–H and O–H groups in total. The lowest BCUT2D eigenvalue weighted by molar-refractivity contribution is 0.0186. The summed E-state index contributed by atoms with van der Waals surface area (Å²) >= 11 is 1.80. The third kappa shape index (κ3) is 6.71. The first kappa shape index (κ1) is 24.1. The van der Waals surface area contributed by atoms with E-state index in [0.29, 0.717) is 12.8 Å². The van der Waals surface area contributed by atoms with Gasteiger partial charge in [-0.2, -0.15) is 0 Å². The number of hydrogen-bond acceptors (Lipinski definition) is 6. The van der Waals surface area contributed by atoms with E-state index in [9.17, 15) is 0 Å². The van der Waals surface area contributed by atoms with Gasteiger partial charge in [0.15, 0.2) is 17.5 Å². The van der Waals surface area contributed by atoms with Crippen molar-refractivity contribution in [1.82, 2.24) is 15.5 Å². The third-order valence-corrected chi connectivity index (χ3v) is 6.24. The predicted molar refractivity (Wildman–Crippen MR) is 135 cm³/mol. The third-order valence-electron chi connectivity index (χ3n) is 5.27. The van der Waals surface area contributed by atoms with Gasteiger partial charge >= 0.3 is 0 Å². The van der Waals surface area contributed by atoms with E-state index in [4.69, 9.17) is 19.2 Å². The highest BCUT2D eigenvalue weighted by molar-refractivity contribution is 14.0. The lowest BCUT2D eigenvalue weighted by atomic mass is 10.1. The number of nitrogens with zero attached hydrogens (tertiary/aromatic N) is 2. The standard InChI is InChI=1S/C22H30N4O3S.HI/c1-2-23-22(24-8-7-17-5-6-19-20(14-17)29-16-28-19)25-15-18(21-4-3-13-30-21)26-9-11-27-12-10-26;/h3-6,13-14,18H,2,7-12,15-16H2,1H3,(H2,23,24,25);1H. The summed E-state index contributed by atoms with van der Waals surface area (Å²) in [6.07, 6.45) is 0.888. The Bertz CT molecular complexity index is 828. The van der Waals surface area contributed by atoms with Gasteiger partial charge in [-0.1, -0.05) is 12.1 Å². The molecule has 0 aliphatic carbocycles. The molecular formula is C22H31IN4O3S. The summed E-state index contributed by atoms with van der Waals surface area (Å²) < 4.78 is 16.4. The van der Waals surface area contributed by atoms with Crippen molar-refractivity contribution in [1.29, 1.82) is 0 Å². The average Bonchev–Trinajstić information content (AvgIpc) is 3.46. The SMILES string of the molecule is CCNC(=NCC(c1cccs1)N1CCOCC1)NCCc1ccc2c(c1)OCO2.I. The summed E-state index contributed by atoms with van der Waals surface area (Å²) in [6, 6.07) is 10.7. The van der Waals surface area contributed by atoms with Crippen LogP contribution in [0.3, 0.4) is 0 Å². The van der Waals surface area contributed by atoms with Crippen LogP contribution in [0.15, 0.2) is 40.7 Å². The Kier molecular flexibility index (Phi) is 9.69. The second kappa shape index (κ2) is 12.5. The van der Waals surface area contributed by atoms with Gasteiger partial charge in [-0.15, -0.1) is 35.3 Å². The van der Waals surface area contributed by atoms with Crippen molar-refractivity contribution >= 4 is 41.3 Å². The molecule has 0 bridgehead atoms. The first-order valence-corrected chi connectivity index (χ1v) is 11.5. The zero-order chi connectivity index (χ0) is 20.6. The molecule has 0 saturated carbocycles. The molecule has 2 aromatic rings. The molecular weight excluding hydrogens is 527 g/mol. The fraction of sp³-hybridized carbons (Fsp3) is 0.500. The van der Waals surface area contributed by atoms with Gasteiger partial charge in [0, 0.05) is 31.1 Å². The molecule has 31 heavy (non-hydrogen) atoms. The molecule has 2 aliphatic rings. The fourth-order valence-electron chi connectivity index (χ4n) is 3.70.